The Morgan fingerprint density at radius 1 is 1.08 bits per heavy atom. The Morgan fingerprint density at radius 2 is 1.72 bits per heavy atom. The van der Waals surface area contributed by atoms with Gasteiger partial charge < -0.3 is 15.1 Å². The van der Waals surface area contributed by atoms with Gasteiger partial charge in [-0.3, -0.25) is 14.9 Å². The van der Waals surface area contributed by atoms with Crippen molar-refractivity contribution < 1.29 is 14.0 Å². The number of hydrogen-bond acceptors (Lipinski definition) is 4. The molecule has 0 aliphatic rings. The summed E-state index contributed by atoms with van der Waals surface area (Å²) in [7, 11) is 0. The quantitative estimate of drug-likeness (QED) is 0.564. The molecule has 1 aromatic heterocycles. The SMILES string of the molecule is CC(C)C(=O)Nc1ccc(NC(=S)NC(=O)C=Cc2ccco2)cc1. The van der Waals surface area contributed by atoms with Crippen LogP contribution in [0.5, 0.6) is 0 Å². The van der Waals surface area contributed by atoms with E-state index in [1.54, 1.807) is 42.5 Å². The van der Waals surface area contributed by atoms with Crippen molar-refractivity contribution in [2.75, 3.05) is 10.6 Å². The summed E-state index contributed by atoms with van der Waals surface area (Å²) in [6.07, 6.45) is 4.40. The fraction of sp³-hybridized carbons (Fsp3) is 0.167. The predicted molar refractivity (Wildman–Crippen MR) is 102 cm³/mol. The second kappa shape index (κ2) is 8.79. The van der Waals surface area contributed by atoms with Gasteiger partial charge in [0.15, 0.2) is 5.11 Å². The van der Waals surface area contributed by atoms with Gasteiger partial charge >= 0.3 is 0 Å². The first-order valence-electron chi connectivity index (χ1n) is 7.68. The van der Waals surface area contributed by atoms with Gasteiger partial charge in [-0.1, -0.05) is 13.8 Å². The Kier molecular flexibility index (Phi) is 6.47. The Bertz CT molecular complexity index is 765. The number of rotatable bonds is 5. The maximum atomic E-state index is 11.8. The molecule has 0 fully saturated rings. The highest BCUT2D eigenvalue weighted by Gasteiger charge is 2.07. The molecule has 6 nitrogen and oxygen atoms in total. The number of furan rings is 1. The second-order valence-electron chi connectivity index (χ2n) is 5.51. The van der Waals surface area contributed by atoms with E-state index < -0.39 is 0 Å². The molecule has 0 aliphatic carbocycles. The number of hydrogen-bond donors (Lipinski definition) is 3. The van der Waals surface area contributed by atoms with Crippen LogP contribution in [-0.2, 0) is 9.59 Å². The lowest BCUT2D eigenvalue weighted by Crippen LogP contribution is -2.32. The molecule has 2 rings (SSSR count). The maximum absolute atomic E-state index is 11.8. The van der Waals surface area contributed by atoms with E-state index in [4.69, 9.17) is 16.6 Å². The summed E-state index contributed by atoms with van der Waals surface area (Å²) >= 11 is 5.09. The molecule has 130 valence electrons. The topological polar surface area (TPSA) is 83.4 Å². The van der Waals surface area contributed by atoms with Gasteiger partial charge in [0, 0.05) is 23.4 Å². The lowest BCUT2D eigenvalue weighted by atomic mass is 10.2. The Balaban J connectivity index is 1.83. The molecular weight excluding hydrogens is 338 g/mol. The molecule has 1 heterocycles. The number of nitrogens with one attached hydrogen (secondary N) is 3. The van der Waals surface area contributed by atoms with Crippen LogP contribution in [0.3, 0.4) is 0 Å². The van der Waals surface area contributed by atoms with Crippen LogP contribution in [0.2, 0.25) is 0 Å². The summed E-state index contributed by atoms with van der Waals surface area (Å²) in [5.74, 6) is 0.0736. The molecule has 3 N–H and O–H groups in total. The van der Waals surface area contributed by atoms with Gasteiger partial charge in [-0.25, -0.2) is 0 Å². The maximum Gasteiger partial charge on any atom is 0.250 e. The van der Waals surface area contributed by atoms with Gasteiger partial charge in [-0.2, -0.15) is 0 Å². The average Bonchev–Trinajstić information content (AvgIpc) is 3.08. The van der Waals surface area contributed by atoms with E-state index in [2.05, 4.69) is 16.0 Å². The average molecular weight is 357 g/mol. The number of carbonyl (C=O) groups is 2. The monoisotopic (exact) mass is 357 g/mol. The van der Waals surface area contributed by atoms with Crippen LogP contribution >= 0.6 is 12.2 Å². The summed E-state index contributed by atoms with van der Waals surface area (Å²) in [6.45, 7) is 3.65. The molecule has 0 bridgehead atoms. The molecule has 0 aliphatic heterocycles. The van der Waals surface area contributed by atoms with Crippen molar-refractivity contribution >= 4 is 46.6 Å². The zero-order valence-electron chi connectivity index (χ0n) is 13.9. The lowest BCUT2D eigenvalue weighted by Gasteiger charge is -2.10. The predicted octanol–water partition coefficient (Wildman–Crippen LogP) is 3.40. The van der Waals surface area contributed by atoms with Crippen molar-refractivity contribution in [3.05, 3.63) is 54.5 Å². The molecule has 2 amide bonds. The first-order chi connectivity index (χ1) is 11.9. The van der Waals surface area contributed by atoms with E-state index in [1.165, 1.54) is 12.3 Å². The van der Waals surface area contributed by atoms with Gasteiger partial charge in [-0.15, -0.1) is 0 Å². The normalized spacial score (nSPS) is 10.7. The first-order valence-corrected chi connectivity index (χ1v) is 8.09. The van der Waals surface area contributed by atoms with Crippen molar-refractivity contribution in [3.63, 3.8) is 0 Å². The number of benzene rings is 1. The molecule has 0 atom stereocenters. The van der Waals surface area contributed by atoms with Crippen molar-refractivity contribution in [3.8, 4) is 0 Å². The van der Waals surface area contributed by atoms with E-state index in [0.717, 1.165) is 0 Å². The van der Waals surface area contributed by atoms with E-state index in [1.807, 2.05) is 13.8 Å². The molecule has 0 saturated heterocycles. The Hall–Kier alpha value is -2.93. The van der Waals surface area contributed by atoms with Crippen LogP contribution in [0.15, 0.2) is 53.2 Å². The second-order valence-corrected chi connectivity index (χ2v) is 5.92. The van der Waals surface area contributed by atoms with Gasteiger partial charge in [0.25, 0.3) is 0 Å². The van der Waals surface area contributed by atoms with E-state index in [9.17, 15) is 9.59 Å². The van der Waals surface area contributed by atoms with Crippen molar-refractivity contribution in [1.29, 1.82) is 0 Å². The molecule has 7 heteroatoms. The summed E-state index contributed by atoms with van der Waals surface area (Å²) in [5, 5.41) is 8.41. The minimum Gasteiger partial charge on any atom is -0.465 e. The van der Waals surface area contributed by atoms with Gasteiger partial charge in [-0.05, 0) is 54.7 Å². The summed E-state index contributed by atoms with van der Waals surface area (Å²) in [4.78, 5) is 23.4. The van der Waals surface area contributed by atoms with E-state index in [0.29, 0.717) is 17.1 Å². The third-order valence-corrected chi connectivity index (χ3v) is 3.32. The van der Waals surface area contributed by atoms with Crippen LogP contribution in [0.25, 0.3) is 6.08 Å². The molecule has 1 aromatic carbocycles. The highest BCUT2D eigenvalue weighted by Crippen LogP contribution is 2.14. The van der Waals surface area contributed by atoms with Crippen molar-refractivity contribution in [2.24, 2.45) is 5.92 Å². The smallest absolute Gasteiger partial charge is 0.250 e. The first kappa shape index (κ1) is 18.4. The fourth-order valence-electron chi connectivity index (χ4n) is 1.78. The Labute approximate surface area is 151 Å². The molecule has 25 heavy (non-hydrogen) atoms. The number of anilines is 2. The van der Waals surface area contributed by atoms with Gasteiger partial charge in [0.2, 0.25) is 11.8 Å². The molecule has 2 aromatic rings. The summed E-state index contributed by atoms with van der Waals surface area (Å²) in [6, 6.07) is 10.5. The molecule has 0 saturated carbocycles. The summed E-state index contributed by atoms with van der Waals surface area (Å²) in [5.41, 5.74) is 1.39. The zero-order chi connectivity index (χ0) is 18.2. The van der Waals surface area contributed by atoms with Crippen LogP contribution in [0.1, 0.15) is 19.6 Å². The van der Waals surface area contributed by atoms with E-state index >= 15 is 0 Å². The van der Waals surface area contributed by atoms with Crippen molar-refractivity contribution in [1.82, 2.24) is 5.32 Å². The summed E-state index contributed by atoms with van der Waals surface area (Å²) < 4.78 is 5.09. The molecular formula is C18H19N3O3S. The highest BCUT2D eigenvalue weighted by atomic mass is 32.1. The van der Waals surface area contributed by atoms with Crippen LogP contribution < -0.4 is 16.0 Å². The number of amides is 2. The van der Waals surface area contributed by atoms with Crippen LogP contribution in [0.4, 0.5) is 11.4 Å². The Morgan fingerprint density at radius 3 is 2.28 bits per heavy atom. The zero-order valence-corrected chi connectivity index (χ0v) is 14.7. The number of thiocarbonyl (C=S) groups is 1. The molecule has 0 spiro atoms. The molecule has 0 unspecified atom stereocenters. The van der Waals surface area contributed by atoms with Crippen LogP contribution in [-0.4, -0.2) is 16.9 Å². The minimum atomic E-state index is -0.366. The largest absolute Gasteiger partial charge is 0.465 e. The van der Waals surface area contributed by atoms with E-state index in [-0.39, 0.29) is 22.8 Å². The van der Waals surface area contributed by atoms with Gasteiger partial charge in [0.1, 0.15) is 5.76 Å². The molecule has 0 radical (unpaired) electrons. The van der Waals surface area contributed by atoms with Crippen molar-refractivity contribution in [2.45, 2.75) is 13.8 Å². The third kappa shape index (κ3) is 6.23. The minimum absolute atomic E-state index is 0.0492. The van der Waals surface area contributed by atoms with Gasteiger partial charge in [0.05, 0.1) is 6.26 Å². The third-order valence-electron chi connectivity index (χ3n) is 3.11. The standard InChI is InChI=1S/C18H19N3O3S/c1-12(2)17(23)19-13-5-7-14(8-6-13)20-18(25)21-16(22)10-9-15-4-3-11-24-15/h3-12H,1-2H3,(H,19,23)(H2,20,21,22,25). The van der Waals surface area contributed by atoms with Crippen LogP contribution in [0, 0.1) is 5.92 Å². The lowest BCUT2D eigenvalue weighted by molar-refractivity contribution is -0.119. The highest BCUT2D eigenvalue weighted by molar-refractivity contribution is 7.80. The number of carbonyl (C=O) groups excluding carboxylic acids is 2. The fourth-order valence-corrected chi connectivity index (χ4v) is 2.00.